The van der Waals surface area contributed by atoms with Crippen molar-refractivity contribution in [2.45, 2.75) is 88.2 Å². The zero-order valence-electron chi connectivity index (χ0n) is 28.1. The molecular weight excluding hydrogens is 634 g/mol. The average Bonchev–Trinajstić information content (AvgIpc) is 3.51. The highest BCUT2D eigenvalue weighted by atomic mass is 19.3. The highest BCUT2D eigenvalue weighted by Gasteiger charge is 2.56. The fraction of sp³-hybridized carbons (Fsp3) is 0.639. The van der Waals surface area contributed by atoms with Gasteiger partial charge in [-0.1, -0.05) is 6.92 Å². The molecule has 4 heterocycles. The number of benzene rings is 1. The van der Waals surface area contributed by atoms with Gasteiger partial charge < -0.3 is 24.8 Å². The number of amides is 1. The van der Waals surface area contributed by atoms with E-state index in [9.17, 15) is 14.7 Å². The van der Waals surface area contributed by atoms with Gasteiger partial charge in [0.2, 0.25) is 5.95 Å². The minimum absolute atomic E-state index is 0.0277. The summed E-state index contributed by atoms with van der Waals surface area (Å²) in [6, 6.07) is 8.05. The summed E-state index contributed by atoms with van der Waals surface area (Å²) in [6.45, 7) is 6.34. The Morgan fingerprint density at radius 2 is 1.96 bits per heavy atom. The number of fused-ring (bicyclic) bond motifs is 4. The molecule has 2 saturated carbocycles. The number of nitrogens with zero attached hydrogens (tertiary/aromatic N) is 5. The normalized spacial score (nSPS) is 28.2. The molecule has 1 aromatic carbocycles. The third-order valence-corrected chi connectivity index (χ3v) is 11.6. The van der Waals surface area contributed by atoms with E-state index in [-0.39, 0.29) is 35.7 Å². The van der Waals surface area contributed by atoms with Crippen molar-refractivity contribution in [3.63, 3.8) is 0 Å². The molecule has 4 atom stereocenters. The molecule has 4 unspecified atom stereocenters. The van der Waals surface area contributed by atoms with Crippen LogP contribution in [0.2, 0.25) is 0 Å². The van der Waals surface area contributed by atoms with E-state index in [1.807, 2.05) is 23.1 Å². The van der Waals surface area contributed by atoms with Gasteiger partial charge in [-0.3, -0.25) is 9.69 Å². The maximum absolute atomic E-state index is 15.3. The number of rotatable bonds is 8. The van der Waals surface area contributed by atoms with Gasteiger partial charge in [0.05, 0.1) is 18.2 Å². The molecule has 5 aliphatic rings. The number of hydrogen-bond acceptors (Lipinski definition) is 9. The van der Waals surface area contributed by atoms with E-state index in [2.05, 4.69) is 33.2 Å². The maximum Gasteiger partial charge on any atom is 0.329 e. The van der Waals surface area contributed by atoms with Crippen molar-refractivity contribution in [2.75, 3.05) is 44.3 Å². The Morgan fingerprint density at radius 3 is 2.65 bits per heavy atom. The molecule has 2 saturated heterocycles. The number of carboxylic acid groups (broad SMARTS) is 1. The molecule has 4 fully saturated rings. The molecule has 0 radical (unpaired) electrons. The van der Waals surface area contributed by atoms with Crippen molar-refractivity contribution >= 4 is 23.5 Å². The molecule has 49 heavy (non-hydrogen) atoms. The number of carbonyl (C=O) groups excluding carboxylic acids is 1. The van der Waals surface area contributed by atoms with E-state index >= 15 is 8.78 Å². The van der Waals surface area contributed by atoms with Crippen LogP contribution >= 0.6 is 0 Å². The SMILES string of the molecule is CC1CC2CC(C1)C(NC(=O)c1cnc(N3CC4(CCOCC4)c4cc(OC5CCN(CC#N)CC5)ccc43)nc1C(C)(F)F)(C(=O)O)C2. The van der Waals surface area contributed by atoms with Crippen molar-refractivity contribution in [2.24, 2.45) is 17.8 Å². The molecule has 7 rings (SSSR count). The lowest BCUT2D eigenvalue weighted by Gasteiger charge is -2.34. The molecule has 2 aromatic rings. The first-order valence-electron chi connectivity index (χ1n) is 17.5. The summed E-state index contributed by atoms with van der Waals surface area (Å²) < 4.78 is 42.8. The molecule has 1 spiro atoms. The Labute approximate surface area is 285 Å². The van der Waals surface area contributed by atoms with Crippen LogP contribution in [0.5, 0.6) is 5.75 Å². The van der Waals surface area contributed by atoms with Crippen LogP contribution < -0.4 is 15.0 Å². The highest BCUT2D eigenvalue weighted by Crippen LogP contribution is 2.52. The standard InChI is InChI=1S/C36H44F2N6O5/c1-22-15-23-17-24(16-22)36(19-23,32(46)47)42-31(45)27-20-40-33(41-30(27)34(2,37)38)44-21-35(7-13-48-14-8-35)28-18-26(3-4-29(28)44)49-25-5-10-43(11-6-25)12-9-39/h3-4,18,20,22-25H,5-8,10-17,19,21H2,1-2H3,(H,42,45)(H,46,47). The van der Waals surface area contributed by atoms with Crippen LogP contribution in [0.4, 0.5) is 20.4 Å². The van der Waals surface area contributed by atoms with Crippen LogP contribution in [0.15, 0.2) is 24.4 Å². The highest BCUT2D eigenvalue weighted by molar-refractivity contribution is 5.99. The second kappa shape index (κ2) is 12.8. The average molecular weight is 679 g/mol. The second-order valence-corrected chi connectivity index (χ2v) is 15.0. The number of nitriles is 1. The molecule has 3 aliphatic heterocycles. The summed E-state index contributed by atoms with van der Waals surface area (Å²) in [7, 11) is 0. The molecule has 2 aliphatic carbocycles. The van der Waals surface area contributed by atoms with Crippen LogP contribution in [-0.2, 0) is 20.9 Å². The predicted octanol–water partition coefficient (Wildman–Crippen LogP) is 5.16. The number of halogens is 2. The molecule has 13 heteroatoms. The molecular formula is C36H44F2N6O5. The van der Waals surface area contributed by atoms with E-state index in [0.717, 1.165) is 68.4 Å². The Balaban J connectivity index is 1.18. The number of alkyl halides is 2. The van der Waals surface area contributed by atoms with Crippen LogP contribution in [0, 0.1) is 29.1 Å². The summed E-state index contributed by atoms with van der Waals surface area (Å²) in [6.07, 6.45) is 6.75. The number of likely N-dealkylation sites (tertiary alicyclic amines) is 1. The van der Waals surface area contributed by atoms with Gasteiger partial charge >= 0.3 is 5.97 Å². The van der Waals surface area contributed by atoms with Gasteiger partial charge in [-0.15, -0.1) is 0 Å². The Kier molecular flexibility index (Phi) is 8.76. The Morgan fingerprint density at radius 1 is 1.20 bits per heavy atom. The van der Waals surface area contributed by atoms with Crippen molar-refractivity contribution in [1.82, 2.24) is 20.2 Å². The lowest BCUT2D eigenvalue weighted by molar-refractivity contribution is -0.146. The first-order valence-corrected chi connectivity index (χ1v) is 17.5. The fourth-order valence-electron chi connectivity index (χ4n) is 9.25. The molecule has 2 N–H and O–H groups in total. The number of carboxylic acids is 1. The van der Waals surface area contributed by atoms with Gasteiger partial charge in [0, 0.05) is 57.1 Å². The predicted molar refractivity (Wildman–Crippen MR) is 175 cm³/mol. The minimum atomic E-state index is -3.50. The number of anilines is 2. The van der Waals surface area contributed by atoms with Crippen LogP contribution in [0.3, 0.4) is 0 Å². The van der Waals surface area contributed by atoms with Gasteiger partial charge in [0.25, 0.3) is 11.8 Å². The summed E-state index contributed by atoms with van der Waals surface area (Å²) in [5.74, 6) is -4.51. The van der Waals surface area contributed by atoms with Gasteiger partial charge in [-0.05, 0) is 92.9 Å². The molecule has 1 aromatic heterocycles. The van der Waals surface area contributed by atoms with Gasteiger partial charge in [-0.2, -0.15) is 14.0 Å². The first kappa shape index (κ1) is 33.6. The zero-order chi connectivity index (χ0) is 34.6. The van der Waals surface area contributed by atoms with E-state index in [1.54, 1.807) is 0 Å². The summed E-state index contributed by atoms with van der Waals surface area (Å²) >= 11 is 0. The largest absolute Gasteiger partial charge is 0.490 e. The monoisotopic (exact) mass is 678 g/mol. The first-order chi connectivity index (χ1) is 23.4. The Hall–Kier alpha value is -3.89. The van der Waals surface area contributed by atoms with Crippen molar-refractivity contribution in [3.8, 4) is 11.8 Å². The van der Waals surface area contributed by atoms with Crippen LogP contribution in [0.1, 0.15) is 86.8 Å². The third-order valence-electron chi connectivity index (χ3n) is 11.6. The van der Waals surface area contributed by atoms with E-state index < -0.39 is 34.6 Å². The second-order valence-electron chi connectivity index (χ2n) is 15.0. The maximum atomic E-state index is 15.3. The minimum Gasteiger partial charge on any atom is -0.490 e. The number of hydrogen-bond donors (Lipinski definition) is 2. The number of nitrogens with one attached hydrogen (secondary N) is 1. The zero-order valence-corrected chi connectivity index (χ0v) is 28.1. The van der Waals surface area contributed by atoms with E-state index in [4.69, 9.17) is 14.7 Å². The van der Waals surface area contributed by atoms with Gasteiger partial charge in [0.1, 0.15) is 23.1 Å². The topological polar surface area (TPSA) is 141 Å². The van der Waals surface area contributed by atoms with Gasteiger partial charge in [-0.25, -0.2) is 14.8 Å². The lowest BCUT2D eigenvalue weighted by atomic mass is 9.76. The van der Waals surface area contributed by atoms with Gasteiger partial charge in [0.15, 0.2) is 0 Å². The smallest absolute Gasteiger partial charge is 0.329 e. The molecule has 262 valence electrons. The number of carbonyl (C=O) groups is 2. The Bertz CT molecular complexity index is 1650. The molecule has 11 nitrogen and oxygen atoms in total. The van der Waals surface area contributed by atoms with E-state index in [1.165, 1.54) is 0 Å². The van der Waals surface area contributed by atoms with Crippen molar-refractivity contribution in [1.29, 1.82) is 5.26 Å². The number of aromatic nitrogens is 2. The molecule has 1 amide bonds. The van der Waals surface area contributed by atoms with Crippen LogP contribution in [-0.4, -0.2) is 82.9 Å². The number of piperidine rings is 1. The number of aliphatic carboxylic acids is 1. The van der Waals surface area contributed by atoms with Crippen molar-refractivity contribution in [3.05, 3.63) is 41.2 Å². The van der Waals surface area contributed by atoms with E-state index in [0.29, 0.717) is 52.0 Å². The summed E-state index contributed by atoms with van der Waals surface area (Å²) in [4.78, 5) is 39.2. The number of ether oxygens (including phenoxy) is 2. The summed E-state index contributed by atoms with van der Waals surface area (Å²) in [5.41, 5.74) is -1.18. The molecule has 2 bridgehead atoms. The quantitative estimate of drug-likeness (QED) is 0.360. The van der Waals surface area contributed by atoms with Crippen LogP contribution in [0.25, 0.3) is 0 Å². The fourth-order valence-corrected chi connectivity index (χ4v) is 9.25. The van der Waals surface area contributed by atoms with Crippen molar-refractivity contribution < 1.29 is 33.0 Å². The lowest BCUT2D eigenvalue weighted by Crippen LogP contribution is -2.57. The third kappa shape index (κ3) is 6.22. The summed E-state index contributed by atoms with van der Waals surface area (Å²) in [5, 5.41) is 22.1.